The van der Waals surface area contributed by atoms with Crippen LogP contribution in [0.1, 0.15) is 13.8 Å². The Balaban J connectivity index is 5.65. The van der Waals surface area contributed by atoms with E-state index in [1.807, 2.05) is 0 Å². The molecule has 0 aromatic carbocycles. The lowest BCUT2D eigenvalue weighted by molar-refractivity contribution is -0.0848. The van der Waals surface area contributed by atoms with Gasteiger partial charge in [-0.15, -0.1) is 0 Å². The first kappa shape index (κ1) is 16.5. The van der Waals surface area contributed by atoms with Crippen LogP contribution in [0.3, 0.4) is 0 Å². The second-order valence-electron chi connectivity index (χ2n) is 2.61. The quantitative estimate of drug-likeness (QED) is 0.571. The molecule has 0 aliphatic carbocycles. The smallest absolute Gasteiger partial charge is 0.305 e. The number of nitrogens with zero attached hydrogens (tertiary/aromatic N) is 1. The molecule has 0 radical (unpaired) electrons. The number of hydrogen-bond acceptors (Lipinski definition) is 4. The topological polar surface area (TPSA) is 59.3 Å². The molecule has 17 heavy (non-hydrogen) atoms. The summed E-state index contributed by atoms with van der Waals surface area (Å²) in [4.78, 5) is 0. The molecule has 0 heterocycles. The van der Waals surface area contributed by atoms with Crippen LogP contribution in [0.15, 0.2) is 10.3 Å². The molecule has 0 N–H and O–H groups in total. The van der Waals surface area contributed by atoms with Crippen LogP contribution in [0.4, 0.5) is 13.2 Å². The van der Waals surface area contributed by atoms with Crippen molar-refractivity contribution in [1.82, 2.24) is 0 Å². The van der Waals surface area contributed by atoms with Gasteiger partial charge in [0.05, 0.1) is 13.2 Å². The molecule has 0 aromatic rings. The highest BCUT2D eigenvalue weighted by Gasteiger charge is 2.43. The fourth-order valence-corrected chi connectivity index (χ4v) is 2.73. The van der Waals surface area contributed by atoms with E-state index < -0.39 is 24.1 Å². The fraction of sp³-hybridized carbons (Fsp3) is 0.625. The Hall–Kier alpha value is -0.540. The summed E-state index contributed by atoms with van der Waals surface area (Å²) in [7, 11) is -4.32. The fourth-order valence-electron chi connectivity index (χ4n) is 0.871. The van der Waals surface area contributed by atoms with Gasteiger partial charge in [0, 0.05) is 0 Å². The maximum atomic E-state index is 12.3. The van der Waals surface area contributed by atoms with E-state index in [1.165, 1.54) is 13.8 Å². The van der Waals surface area contributed by atoms with Gasteiger partial charge in [0.15, 0.2) is 5.31 Å². The minimum absolute atomic E-state index is 0.176. The van der Waals surface area contributed by atoms with E-state index in [1.54, 1.807) is 0 Å². The molecule has 0 fully saturated rings. The van der Waals surface area contributed by atoms with Gasteiger partial charge in [-0.05, 0) is 13.8 Å². The van der Waals surface area contributed by atoms with Crippen LogP contribution in [0.2, 0.25) is 0 Å². The standard InChI is InChI=1S/C8H10ClF3NO3P/c1-3-15-17(14,16-4-2)6(5-13)7(9)8(10,11)12/h3-4H2,1-2H3/b7-6-. The molecule has 0 aromatic heterocycles. The lowest BCUT2D eigenvalue weighted by Gasteiger charge is -2.17. The molecule has 0 spiro atoms. The lowest BCUT2D eigenvalue weighted by atomic mass is 10.5. The number of allylic oxidation sites excluding steroid dienone is 2. The van der Waals surface area contributed by atoms with Crippen molar-refractivity contribution >= 4 is 19.2 Å². The maximum Gasteiger partial charge on any atom is 0.428 e. The van der Waals surface area contributed by atoms with Gasteiger partial charge < -0.3 is 9.05 Å². The predicted octanol–water partition coefficient (Wildman–Crippen LogP) is 3.79. The number of hydrogen-bond donors (Lipinski definition) is 0. The summed E-state index contributed by atoms with van der Waals surface area (Å²) in [6.07, 6.45) is -4.98. The van der Waals surface area contributed by atoms with Gasteiger partial charge in [-0.1, -0.05) is 11.6 Å². The second kappa shape index (κ2) is 6.41. The summed E-state index contributed by atoms with van der Waals surface area (Å²) in [6, 6.07) is 1.13. The third-order valence-electron chi connectivity index (χ3n) is 1.43. The van der Waals surface area contributed by atoms with E-state index >= 15 is 0 Å². The van der Waals surface area contributed by atoms with Gasteiger partial charge in [0.25, 0.3) is 0 Å². The molecule has 0 saturated heterocycles. The van der Waals surface area contributed by atoms with Gasteiger partial charge in [0.2, 0.25) is 0 Å². The number of rotatable bonds is 5. The van der Waals surface area contributed by atoms with Crippen LogP contribution in [-0.4, -0.2) is 19.4 Å². The first-order valence-electron chi connectivity index (χ1n) is 4.49. The Kier molecular flexibility index (Phi) is 6.20. The Morgan fingerprint density at radius 1 is 1.35 bits per heavy atom. The summed E-state index contributed by atoms with van der Waals surface area (Å²) >= 11 is 4.98. The van der Waals surface area contributed by atoms with E-state index in [2.05, 4.69) is 9.05 Å². The summed E-state index contributed by atoms with van der Waals surface area (Å²) in [5.41, 5.74) is 0. The molecule has 4 nitrogen and oxygen atoms in total. The zero-order valence-corrected chi connectivity index (χ0v) is 10.7. The molecule has 0 amide bonds. The summed E-state index contributed by atoms with van der Waals surface area (Å²) in [5, 5.41) is 5.61. The summed E-state index contributed by atoms with van der Waals surface area (Å²) in [5.74, 6) is 0. The largest absolute Gasteiger partial charge is 0.428 e. The highest BCUT2D eigenvalue weighted by molar-refractivity contribution is 7.59. The van der Waals surface area contributed by atoms with Crippen molar-refractivity contribution < 1.29 is 26.8 Å². The maximum absolute atomic E-state index is 12.3. The third-order valence-corrected chi connectivity index (χ3v) is 4.04. The highest BCUT2D eigenvalue weighted by Crippen LogP contribution is 2.58. The molecule has 0 aliphatic rings. The predicted molar refractivity (Wildman–Crippen MR) is 55.4 cm³/mol. The van der Waals surface area contributed by atoms with E-state index in [-0.39, 0.29) is 13.2 Å². The molecule has 0 bridgehead atoms. The van der Waals surface area contributed by atoms with E-state index in [9.17, 15) is 17.7 Å². The highest BCUT2D eigenvalue weighted by atomic mass is 35.5. The number of nitriles is 1. The van der Waals surface area contributed by atoms with E-state index in [0.29, 0.717) is 0 Å². The van der Waals surface area contributed by atoms with Crippen LogP contribution < -0.4 is 0 Å². The van der Waals surface area contributed by atoms with Crippen LogP contribution in [0, 0.1) is 11.3 Å². The first-order valence-corrected chi connectivity index (χ1v) is 6.41. The average molecular weight is 292 g/mol. The molecule has 0 rings (SSSR count). The van der Waals surface area contributed by atoms with Crippen molar-refractivity contribution in [3.63, 3.8) is 0 Å². The van der Waals surface area contributed by atoms with Crippen LogP contribution >= 0.6 is 19.2 Å². The normalized spacial score (nSPS) is 14.2. The van der Waals surface area contributed by atoms with Gasteiger partial charge in [0.1, 0.15) is 11.1 Å². The van der Waals surface area contributed by atoms with Crippen LogP contribution in [0.25, 0.3) is 0 Å². The summed E-state index contributed by atoms with van der Waals surface area (Å²) < 4.78 is 58.1. The van der Waals surface area contributed by atoms with Gasteiger partial charge >= 0.3 is 13.8 Å². The van der Waals surface area contributed by atoms with Crippen molar-refractivity contribution in [3.05, 3.63) is 10.3 Å². The monoisotopic (exact) mass is 291 g/mol. The molecular weight excluding hydrogens is 282 g/mol. The first-order chi connectivity index (χ1) is 7.72. The van der Waals surface area contributed by atoms with Crippen molar-refractivity contribution in [1.29, 1.82) is 5.26 Å². The van der Waals surface area contributed by atoms with Crippen LogP contribution in [0.5, 0.6) is 0 Å². The zero-order valence-electron chi connectivity index (χ0n) is 9.05. The van der Waals surface area contributed by atoms with Crippen molar-refractivity contribution in [2.24, 2.45) is 0 Å². The van der Waals surface area contributed by atoms with Gasteiger partial charge in [-0.25, -0.2) is 0 Å². The SMILES string of the molecule is CCOP(=O)(OCC)/C(C#N)=C(\Cl)C(F)(F)F. The lowest BCUT2D eigenvalue weighted by Crippen LogP contribution is -2.11. The molecule has 0 unspecified atom stereocenters. The molecule has 9 heteroatoms. The van der Waals surface area contributed by atoms with E-state index in [4.69, 9.17) is 16.9 Å². The number of halogens is 4. The number of alkyl halides is 3. The Bertz CT molecular complexity index is 378. The summed E-state index contributed by atoms with van der Waals surface area (Å²) in [6.45, 7) is 2.46. The molecule has 0 aliphatic heterocycles. The van der Waals surface area contributed by atoms with Crippen molar-refractivity contribution in [2.75, 3.05) is 13.2 Å². The Morgan fingerprint density at radius 2 is 1.76 bits per heavy atom. The van der Waals surface area contributed by atoms with Crippen LogP contribution in [-0.2, 0) is 13.6 Å². The molecule has 98 valence electrons. The Labute approximate surface area is 101 Å². The van der Waals surface area contributed by atoms with Crippen molar-refractivity contribution in [2.45, 2.75) is 20.0 Å². The molecule has 0 saturated carbocycles. The minimum atomic E-state index is -4.98. The molecular formula is C8H10ClF3NO3P. The third kappa shape index (κ3) is 4.32. The van der Waals surface area contributed by atoms with Gasteiger partial charge in [-0.3, -0.25) is 4.57 Å². The Morgan fingerprint density at radius 3 is 2.00 bits per heavy atom. The average Bonchev–Trinajstić information content (AvgIpc) is 2.17. The van der Waals surface area contributed by atoms with E-state index in [0.717, 1.165) is 6.07 Å². The minimum Gasteiger partial charge on any atom is -0.305 e. The van der Waals surface area contributed by atoms with Crippen molar-refractivity contribution in [3.8, 4) is 6.07 Å². The second-order valence-corrected chi connectivity index (χ2v) is 4.94. The molecule has 0 atom stereocenters. The van der Waals surface area contributed by atoms with Gasteiger partial charge in [-0.2, -0.15) is 18.4 Å². The zero-order chi connectivity index (χ0) is 13.7.